The van der Waals surface area contributed by atoms with Gasteiger partial charge in [-0.25, -0.2) is 0 Å². The number of carbonyl (C=O) groups excluding carboxylic acids is 1. The first-order valence-corrected chi connectivity index (χ1v) is 5.14. The normalized spacial score (nSPS) is 14.4. The number of aryl methyl sites for hydroxylation is 1. The molecule has 1 aromatic carbocycles. The molecule has 82 valence electrons. The van der Waals surface area contributed by atoms with Crippen LogP contribution in [-0.2, 0) is 4.79 Å². The third-order valence-electron chi connectivity index (χ3n) is 2.43. The summed E-state index contributed by atoms with van der Waals surface area (Å²) in [5.74, 6) is -0.120. The number of rotatable bonds is 3. The second-order valence-corrected chi connectivity index (χ2v) is 3.88. The van der Waals surface area contributed by atoms with Gasteiger partial charge in [0.15, 0.2) is 0 Å². The van der Waals surface area contributed by atoms with E-state index in [1.54, 1.807) is 6.92 Å². The maximum atomic E-state index is 11.4. The van der Waals surface area contributed by atoms with E-state index in [0.717, 1.165) is 5.56 Å². The summed E-state index contributed by atoms with van der Waals surface area (Å²) < 4.78 is 0. The SMILES string of the molecule is Cc1ccccc1[C@@H](C)NC(=O)[C@H](C)N. The minimum atomic E-state index is -0.462. The molecule has 0 spiro atoms. The van der Waals surface area contributed by atoms with Crippen molar-refractivity contribution in [1.82, 2.24) is 5.32 Å². The summed E-state index contributed by atoms with van der Waals surface area (Å²) in [6.45, 7) is 5.67. The molecule has 3 heteroatoms. The third kappa shape index (κ3) is 3.06. The highest BCUT2D eigenvalue weighted by atomic mass is 16.2. The van der Waals surface area contributed by atoms with E-state index in [0.29, 0.717) is 0 Å². The molecule has 0 radical (unpaired) electrons. The van der Waals surface area contributed by atoms with Gasteiger partial charge in [0.25, 0.3) is 0 Å². The van der Waals surface area contributed by atoms with E-state index in [9.17, 15) is 4.79 Å². The number of hydrogen-bond acceptors (Lipinski definition) is 2. The molecule has 1 rings (SSSR count). The summed E-state index contributed by atoms with van der Waals surface area (Å²) in [7, 11) is 0. The van der Waals surface area contributed by atoms with Crippen molar-refractivity contribution in [2.75, 3.05) is 0 Å². The first-order valence-electron chi connectivity index (χ1n) is 5.14. The molecule has 1 aromatic rings. The Morgan fingerprint density at radius 1 is 1.33 bits per heavy atom. The van der Waals surface area contributed by atoms with Crippen LogP contribution in [-0.4, -0.2) is 11.9 Å². The van der Waals surface area contributed by atoms with Crippen LogP contribution in [0.15, 0.2) is 24.3 Å². The summed E-state index contributed by atoms with van der Waals surface area (Å²) in [5.41, 5.74) is 7.80. The maximum Gasteiger partial charge on any atom is 0.237 e. The Bertz CT molecular complexity index is 347. The maximum absolute atomic E-state index is 11.4. The molecule has 0 aliphatic carbocycles. The van der Waals surface area contributed by atoms with Gasteiger partial charge < -0.3 is 11.1 Å². The third-order valence-corrected chi connectivity index (χ3v) is 2.43. The number of carbonyl (C=O) groups is 1. The Hall–Kier alpha value is -1.35. The number of nitrogens with one attached hydrogen (secondary N) is 1. The predicted molar refractivity (Wildman–Crippen MR) is 61.4 cm³/mol. The standard InChI is InChI=1S/C12H18N2O/c1-8-6-4-5-7-11(8)10(3)14-12(15)9(2)13/h4-7,9-10H,13H2,1-3H3,(H,14,15)/t9-,10+/m0/s1. The van der Waals surface area contributed by atoms with Crippen molar-refractivity contribution in [2.45, 2.75) is 32.9 Å². The molecule has 1 amide bonds. The van der Waals surface area contributed by atoms with Gasteiger partial charge in [0.2, 0.25) is 5.91 Å². The topological polar surface area (TPSA) is 55.1 Å². The average Bonchev–Trinajstić information content (AvgIpc) is 2.18. The molecule has 0 saturated carbocycles. The number of nitrogens with two attached hydrogens (primary N) is 1. The molecule has 0 bridgehead atoms. The highest BCUT2D eigenvalue weighted by Crippen LogP contribution is 2.16. The van der Waals surface area contributed by atoms with Crippen molar-refractivity contribution in [1.29, 1.82) is 0 Å². The Morgan fingerprint density at radius 2 is 1.93 bits per heavy atom. The van der Waals surface area contributed by atoms with Gasteiger partial charge in [0.05, 0.1) is 12.1 Å². The van der Waals surface area contributed by atoms with E-state index >= 15 is 0 Å². The highest BCUT2D eigenvalue weighted by molar-refractivity contribution is 5.81. The number of amides is 1. The summed E-state index contributed by atoms with van der Waals surface area (Å²) in [6.07, 6.45) is 0. The van der Waals surface area contributed by atoms with Crippen LogP contribution in [0.1, 0.15) is 31.0 Å². The van der Waals surface area contributed by atoms with Crippen molar-refractivity contribution in [3.8, 4) is 0 Å². The molecule has 3 nitrogen and oxygen atoms in total. The molecule has 0 heterocycles. The summed E-state index contributed by atoms with van der Waals surface area (Å²) in [6, 6.07) is 7.54. The van der Waals surface area contributed by atoms with E-state index in [1.807, 2.05) is 38.1 Å². The van der Waals surface area contributed by atoms with Gasteiger partial charge in [-0.2, -0.15) is 0 Å². The minimum Gasteiger partial charge on any atom is -0.348 e. The highest BCUT2D eigenvalue weighted by Gasteiger charge is 2.13. The molecule has 0 saturated heterocycles. The van der Waals surface area contributed by atoms with Crippen LogP contribution in [0.5, 0.6) is 0 Å². The molecule has 2 atom stereocenters. The van der Waals surface area contributed by atoms with Crippen molar-refractivity contribution >= 4 is 5.91 Å². The molecule has 0 aromatic heterocycles. The molecule has 3 N–H and O–H groups in total. The van der Waals surface area contributed by atoms with Crippen molar-refractivity contribution < 1.29 is 4.79 Å². The zero-order valence-corrected chi connectivity index (χ0v) is 9.45. The minimum absolute atomic E-state index is 0.00435. The largest absolute Gasteiger partial charge is 0.348 e. The fourth-order valence-electron chi connectivity index (χ4n) is 1.50. The zero-order chi connectivity index (χ0) is 11.4. The molecular formula is C12H18N2O. The van der Waals surface area contributed by atoms with Gasteiger partial charge in [0, 0.05) is 0 Å². The van der Waals surface area contributed by atoms with Crippen LogP contribution >= 0.6 is 0 Å². The van der Waals surface area contributed by atoms with E-state index in [4.69, 9.17) is 5.73 Å². The van der Waals surface area contributed by atoms with Crippen molar-refractivity contribution in [2.24, 2.45) is 5.73 Å². The van der Waals surface area contributed by atoms with Crippen molar-refractivity contribution in [3.63, 3.8) is 0 Å². The second kappa shape index (κ2) is 4.94. The number of benzene rings is 1. The first kappa shape index (κ1) is 11.7. The lowest BCUT2D eigenvalue weighted by Crippen LogP contribution is -2.39. The number of hydrogen-bond donors (Lipinski definition) is 2. The summed E-state index contributed by atoms with van der Waals surface area (Å²) in [4.78, 5) is 11.4. The molecule has 0 aliphatic heterocycles. The smallest absolute Gasteiger partial charge is 0.237 e. The van der Waals surface area contributed by atoms with E-state index in [-0.39, 0.29) is 11.9 Å². The molecule has 0 unspecified atom stereocenters. The zero-order valence-electron chi connectivity index (χ0n) is 9.45. The van der Waals surface area contributed by atoms with E-state index < -0.39 is 6.04 Å². The van der Waals surface area contributed by atoms with Crippen LogP contribution in [0.3, 0.4) is 0 Å². The van der Waals surface area contributed by atoms with Crippen LogP contribution in [0.25, 0.3) is 0 Å². The Morgan fingerprint density at radius 3 is 2.47 bits per heavy atom. The van der Waals surface area contributed by atoms with Gasteiger partial charge >= 0.3 is 0 Å². The Labute approximate surface area is 90.7 Å². The fourth-order valence-corrected chi connectivity index (χ4v) is 1.50. The van der Waals surface area contributed by atoms with Crippen LogP contribution in [0.2, 0.25) is 0 Å². The van der Waals surface area contributed by atoms with E-state index in [1.165, 1.54) is 5.56 Å². The van der Waals surface area contributed by atoms with Gasteiger partial charge in [-0.05, 0) is 31.9 Å². The monoisotopic (exact) mass is 206 g/mol. The van der Waals surface area contributed by atoms with Gasteiger partial charge in [-0.15, -0.1) is 0 Å². The average molecular weight is 206 g/mol. The lowest BCUT2D eigenvalue weighted by Gasteiger charge is -2.17. The van der Waals surface area contributed by atoms with Crippen molar-refractivity contribution in [3.05, 3.63) is 35.4 Å². The lowest BCUT2D eigenvalue weighted by atomic mass is 10.0. The van der Waals surface area contributed by atoms with E-state index in [2.05, 4.69) is 5.32 Å². The Kier molecular flexibility index (Phi) is 3.86. The summed E-state index contributed by atoms with van der Waals surface area (Å²) in [5, 5.41) is 2.87. The predicted octanol–water partition coefficient (Wildman–Crippen LogP) is 1.52. The van der Waals surface area contributed by atoms with Gasteiger partial charge in [0.1, 0.15) is 0 Å². The van der Waals surface area contributed by atoms with Gasteiger partial charge in [-0.3, -0.25) is 4.79 Å². The molecular weight excluding hydrogens is 188 g/mol. The molecule has 15 heavy (non-hydrogen) atoms. The Balaban J connectivity index is 2.73. The summed E-state index contributed by atoms with van der Waals surface area (Å²) >= 11 is 0. The van der Waals surface area contributed by atoms with Crippen LogP contribution in [0, 0.1) is 6.92 Å². The van der Waals surface area contributed by atoms with Crippen LogP contribution < -0.4 is 11.1 Å². The molecule has 0 fully saturated rings. The van der Waals surface area contributed by atoms with Crippen LogP contribution in [0.4, 0.5) is 0 Å². The quantitative estimate of drug-likeness (QED) is 0.787. The van der Waals surface area contributed by atoms with Gasteiger partial charge in [-0.1, -0.05) is 24.3 Å². The molecule has 0 aliphatic rings. The lowest BCUT2D eigenvalue weighted by molar-refractivity contribution is -0.122. The fraction of sp³-hybridized carbons (Fsp3) is 0.417. The second-order valence-electron chi connectivity index (χ2n) is 3.88. The first-order chi connectivity index (χ1) is 7.02.